The van der Waals surface area contributed by atoms with Crippen LogP contribution in [0.2, 0.25) is 0 Å². The third kappa shape index (κ3) is 3.67. The highest BCUT2D eigenvalue weighted by molar-refractivity contribution is 6.10. The molecule has 2 aromatic rings. The first-order chi connectivity index (χ1) is 12.6. The van der Waals surface area contributed by atoms with Gasteiger partial charge in [-0.1, -0.05) is 12.1 Å². The first-order valence-corrected chi connectivity index (χ1v) is 8.26. The van der Waals surface area contributed by atoms with E-state index in [1.807, 2.05) is 0 Å². The number of nitrogens with zero attached hydrogens (tertiary/aromatic N) is 2. The topological polar surface area (TPSA) is 78.0 Å². The molecule has 1 aliphatic heterocycles. The van der Waals surface area contributed by atoms with E-state index < -0.39 is 5.97 Å². The van der Waals surface area contributed by atoms with Gasteiger partial charge in [-0.2, -0.15) is 0 Å². The fraction of sp³-hybridized carbons (Fsp3) is 0.316. The van der Waals surface area contributed by atoms with Crippen LogP contribution in [0.3, 0.4) is 0 Å². The van der Waals surface area contributed by atoms with Gasteiger partial charge in [-0.05, 0) is 24.3 Å². The van der Waals surface area contributed by atoms with Crippen LogP contribution in [-0.2, 0) is 9.47 Å². The summed E-state index contributed by atoms with van der Waals surface area (Å²) < 4.78 is 15.9. The lowest BCUT2D eigenvalue weighted by molar-refractivity contribution is 0.0601. The van der Waals surface area contributed by atoms with Crippen molar-refractivity contribution in [1.29, 1.82) is 0 Å². The molecule has 1 unspecified atom stereocenters. The van der Waals surface area contributed by atoms with Crippen LogP contribution >= 0.6 is 0 Å². The molecule has 1 aromatic heterocycles. The molecule has 1 aromatic carbocycles. The molecule has 0 bridgehead atoms. The lowest BCUT2D eigenvalue weighted by atomic mass is 10.1. The molecule has 1 aliphatic rings. The molecule has 1 amide bonds. The van der Waals surface area contributed by atoms with Crippen molar-refractivity contribution >= 4 is 17.6 Å². The van der Waals surface area contributed by atoms with Gasteiger partial charge < -0.3 is 19.1 Å². The number of carbonyl (C=O) groups is 2. The highest BCUT2D eigenvalue weighted by atomic mass is 16.5. The van der Waals surface area contributed by atoms with Gasteiger partial charge in [0.15, 0.2) is 0 Å². The number of anilines is 1. The highest BCUT2D eigenvalue weighted by Gasteiger charge is 2.25. The number of methoxy groups -OCH3 is 1. The van der Waals surface area contributed by atoms with Crippen molar-refractivity contribution < 1.29 is 23.8 Å². The van der Waals surface area contributed by atoms with Crippen molar-refractivity contribution in [3.8, 4) is 5.88 Å². The molecule has 1 saturated heterocycles. The van der Waals surface area contributed by atoms with Crippen LogP contribution in [0, 0.1) is 0 Å². The minimum absolute atomic E-state index is 0.121. The molecule has 26 heavy (non-hydrogen) atoms. The van der Waals surface area contributed by atoms with E-state index in [4.69, 9.17) is 14.2 Å². The summed E-state index contributed by atoms with van der Waals surface area (Å²) >= 11 is 0. The van der Waals surface area contributed by atoms with Crippen molar-refractivity contribution in [2.24, 2.45) is 0 Å². The van der Waals surface area contributed by atoms with Crippen LogP contribution in [0.5, 0.6) is 5.88 Å². The molecular formula is C19H20N2O5. The summed E-state index contributed by atoms with van der Waals surface area (Å²) in [6.45, 7) is 1.11. The zero-order valence-electron chi connectivity index (χ0n) is 14.7. The van der Waals surface area contributed by atoms with Gasteiger partial charge in [0, 0.05) is 19.7 Å². The normalized spacial score (nSPS) is 16.2. The second-order valence-corrected chi connectivity index (χ2v) is 5.83. The Balaban J connectivity index is 1.89. The maximum absolute atomic E-state index is 13.0. The van der Waals surface area contributed by atoms with E-state index in [1.54, 1.807) is 49.6 Å². The molecule has 0 N–H and O–H groups in total. The number of para-hydroxylation sites is 1. The van der Waals surface area contributed by atoms with Crippen LogP contribution in [0.4, 0.5) is 5.69 Å². The van der Waals surface area contributed by atoms with Crippen LogP contribution in [0.15, 0.2) is 42.6 Å². The van der Waals surface area contributed by atoms with Crippen LogP contribution in [0.25, 0.3) is 0 Å². The predicted octanol–water partition coefficient (Wildman–Crippen LogP) is 2.31. The molecule has 136 valence electrons. The minimum Gasteiger partial charge on any atom is -0.471 e. The molecule has 0 spiro atoms. The monoisotopic (exact) mass is 356 g/mol. The Kier molecular flexibility index (Phi) is 5.48. The summed E-state index contributed by atoms with van der Waals surface area (Å²) in [6.07, 6.45) is 2.21. The molecule has 3 rings (SSSR count). The second kappa shape index (κ2) is 7.97. The minimum atomic E-state index is -0.508. The summed E-state index contributed by atoms with van der Waals surface area (Å²) in [4.78, 5) is 30.6. The fourth-order valence-electron chi connectivity index (χ4n) is 2.75. The number of hydrogen-bond acceptors (Lipinski definition) is 6. The molecule has 2 heterocycles. The van der Waals surface area contributed by atoms with Crippen LogP contribution < -0.4 is 9.64 Å². The van der Waals surface area contributed by atoms with E-state index in [9.17, 15) is 9.59 Å². The number of amides is 1. The van der Waals surface area contributed by atoms with Gasteiger partial charge in [0.05, 0.1) is 31.6 Å². The van der Waals surface area contributed by atoms with E-state index in [1.165, 1.54) is 12.0 Å². The van der Waals surface area contributed by atoms with Gasteiger partial charge >= 0.3 is 5.97 Å². The number of carbonyl (C=O) groups excluding carboxylic acids is 2. The molecule has 7 heteroatoms. The van der Waals surface area contributed by atoms with E-state index >= 15 is 0 Å². The fourth-order valence-corrected chi connectivity index (χ4v) is 2.75. The summed E-state index contributed by atoms with van der Waals surface area (Å²) in [7, 11) is 2.90. The van der Waals surface area contributed by atoms with Gasteiger partial charge in [0.25, 0.3) is 5.91 Å². The summed E-state index contributed by atoms with van der Waals surface area (Å²) in [5.41, 5.74) is 1.08. The quantitative estimate of drug-likeness (QED) is 0.765. The SMILES string of the molecule is COC(=O)c1ccccc1N(C)C(=O)c1cccnc1OC1CCOC1. The molecule has 0 saturated carbocycles. The first kappa shape index (κ1) is 17.9. The Morgan fingerprint density at radius 1 is 1.19 bits per heavy atom. The van der Waals surface area contributed by atoms with Crippen molar-refractivity contribution in [2.75, 3.05) is 32.3 Å². The molecule has 7 nitrogen and oxygen atoms in total. The zero-order chi connectivity index (χ0) is 18.5. The maximum atomic E-state index is 13.0. The zero-order valence-corrected chi connectivity index (χ0v) is 14.7. The van der Waals surface area contributed by atoms with Gasteiger partial charge in [-0.25, -0.2) is 9.78 Å². The molecule has 0 aliphatic carbocycles. The number of pyridine rings is 1. The second-order valence-electron chi connectivity index (χ2n) is 5.83. The van der Waals surface area contributed by atoms with Gasteiger partial charge in [0.2, 0.25) is 5.88 Å². The highest BCUT2D eigenvalue weighted by Crippen LogP contribution is 2.25. The Labute approximate surface area is 151 Å². The molecule has 0 radical (unpaired) electrons. The summed E-state index contributed by atoms with van der Waals surface area (Å²) in [5.74, 6) is -0.579. The number of esters is 1. The number of rotatable bonds is 5. The lowest BCUT2D eigenvalue weighted by Crippen LogP contribution is -2.29. The number of benzene rings is 1. The average molecular weight is 356 g/mol. The number of ether oxygens (including phenoxy) is 3. The average Bonchev–Trinajstić information content (AvgIpc) is 3.19. The molecular weight excluding hydrogens is 336 g/mol. The third-order valence-electron chi connectivity index (χ3n) is 4.14. The number of hydrogen-bond donors (Lipinski definition) is 0. The van der Waals surface area contributed by atoms with Crippen LogP contribution in [0.1, 0.15) is 27.1 Å². The Morgan fingerprint density at radius 3 is 2.69 bits per heavy atom. The van der Waals surface area contributed by atoms with E-state index in [-0.39, 0.29) is 17.9 Å². The smallest absolute Gasteiger partial charge is 0.339 e. The largest absolute Gasteiger partial charge is 0.471 e. The lowest BCUT2D eigenvalue weighted by Gasteiger charge is -2.21. The number of aromatic nitrogens is 1. The van der Waals surface area contributed by atoms with E-state index in [0.717, 1.165) is 6.42 Å². The Morgan fingerprint density at radius 2 is 1.96 bits per heavy atom. The van der Waals surface area contributed by atoms with Crippen molar-refractivity contribution in [1.82, 2.24) is 4.98 Å². The van der Waals surface area contributed by atoms with Gasteiger partial charge in [-0.15, -0.1) is 0 Å². The Hall–Kier alpha value is -2.93. The third-order valence-corrected chi connectivity index (χ3v) is 4.14. The van der Waals surface area contributed by atoms with Crippen LogP contribution in [-0.4, -0.2) is 50.3 Å². The molecule has 1 atom stereocenters. The van der Waals surface area contributed by atoms with Crippen molar-refractivity contribution in [3.63, 3.8) is 0 Å². The van der Waals surface area contributed by atoms with Gasteiger partial charge in [0.1, 0.15) is 11.7 Å². The predicted molar refractivity (Wildman–Crippen MR) is 94.6 cm³/mol. The van der Waals surface area contributed by atoms with Crippen molar-refractivity contribution in [3.05, 3.63) is 53.7 Å². The van der Waals surface area contributed by atoms with Gasteiger partial charge in [-0.3, -0.25) is 4.79 Å². The summed E-state index contributed by atoms with van der Waals surface area (Å²) in [6, 6.07) is 10.1. The van der Waals surface area contributed by atoms with Crippen molar-refractivity contribution in [2.45, 2.75) is 12.5 Å². The van der Waals surface area contributed by atoms with E-state index in [0.29, 0.717) is 30.0 Å². The summed E-state index contributed by atoms with van der Waals surface area (Å²) in [5, 5.41) is 0. The Bertz CT molecular complexity index is 802. The standard InChI is InChI=1S/C19H20N2O5/c1-21(16-8-4-3-6-14(16)19(23)24-2)18(22)15-7-5-10-20-17(15)26-13-9-11-25-12-13/h3-8,10,13H,9,11-12H2,1-2H3. The maximum Gasteiger partial charge on any atom is 0.339 e. The first-order valence-electron chi connectivity index (χ1n) is 8.26. The van der Waals surface area contributed by atoms with E-state index in [2.05, 4.69) is 4.98 Å². The molecule has 1 fully saturated rings.